The van der Waals surface area contributed by atoms with Gasteiger partial charge in [0, 0.05) is 30.1 Å². The number of carbonyl (C=O) groups is 1. The average molecular weight is 342 g/mol. The van der Waals surface area contributed by atoms with Crippen LogP contribution in [0.15, 0.2) is 11.4 Å². The average Bonchev–Trinajstić information content (AvgIpc) is 3.15. The van der Waals surface area contributed by atoms with Crippen LogP contribution in [0.25, 0.3) is 0 Å². The zero-order chi connectivity index (χ0) is 17.1. The van der Waals surface area contributed by atoms with Crippen LogP contribution >= 0.6 is 11.3 Å². The summed E-state index contributed by atoms with van der Waals surface area (Å²) in [5.41, 5.74) is 4.50. The molecule has 0 saturated heterocycles. The molecule has 0 bridgehead atoms. The Morgan fingerprint density at radius 2 is 2.29 bits per heavy atom. The van der Waals surface area contributed by atoms with Crippen molar-refractivity contribution in [3.8, 4) is 6.07 Å². The molecule has 0 saturated carbocycles. The molecule has 24 heavy (non-hydrogen) atoms. The molecule has 0 unspecified atom stereocenters. The van der Waals surface area contributed by atoms with Gasteiger partial charge in [0.05, 0.1) is 24.7 Å². The van der Waals surface area contributed by atoms with E-state index >= 15 is 0 Å². The Balaban J connectivity index is 1.61. The molecule has 1 aliphatic heterocycles. The number of fused-ring (bicyclic) bond motifs is 1. The first kappa shape index (κ1) is 16.7. The first-order valence-electron chi connectivity index (χ1n) is 8.33. The largest absolute Gasteiger partial charge is 0.338 e. The van der Waals surface area contributed by atoms with Crippen LogP contribution in [0.5, 0.6) is 0 Å². The molecule has 0 atom stereocenters. The number of aromatic nitrogens is 2. The highest BCUT2D eigenvalue weighted by Gasteiger charge is 2.22. The molecule has 2 aromatic heterocycles. The number of carbonyl (C=O) groups excluding carboxylic acids is 1. The van der Waals surface area contributed by atoms with Crippen LogP contribution in [0.3, 0.4) is 0 Å². The fourth-order valence-electron chi connectivity index (χ4n) is 3.32. The molecule has 0 aromatic carbocycles. The summed E-state index contributed by atoms with van der Waals surface area (Å²) in [5.74, 6) is 0.218. The lowest BCUT2D eigenvalue weighted by Gasteiger charge is -2.27. The minimum atomic E-state index is 0.218. The van der Waals surface area contributed by atoms with E-state index in [0.29, 0.717) is 19.4 Å². The minimum Gasteiger partial charge on any atom is -0.338 e. The highest BCUT2D eigenvalue weighted by molar-refractivity contribution is 7.10. The maximum absolute atomic E-state index is 12.6. The van der Waals surface area contributed by atoms with Gasteiger partial charge in [0.1, 0.15) is 0 Å². The number of thiophene rings is 1. The molecule has 1 amide bonds. The third-order valence-corrected chi connectivity index (χ3v) is 5.74. The van der Waals surface area contributed by atoms with Gasteiger partial charge < -0.3 is 4.90 Å². The van der Waals surface area contributed by atoms with Gasteiger partial charge in [-0.25, -0.2) is 0 Å². The molecule has 0 aliphatic carbocycles. The van der Waals surface area contributed by atoms with E-state index in [0.717, 1.165) is 42.9 Å². The Morgan fingerprint density at radius 1 is 1.46 bits per heavy atom. The van der Waals surface area contributed by atoms with Gasteiger partial charge in [0.2, 0.25) is 5.91 Å². The third kappa shape index (κ3) is 3.36. The van der Waals surface area contributed by atoms with Crippen molar-refractivity contribution in [2.75, 3.05) is 6.54 Å². The first-order chi connectivity index (χ1) is 11.6. The first-order valence-corrected chi connectivity index (χ1v) is 9.21. The van der Waals surface area contributed by atoms with Gasteiger partial charge in [-0.15, -0.1) is 11.3 Å². The zero-order valence-electron chi connectivity index (χ0n) is 14.2. The van der Waals surface area contributed by atoms with Crippen molar-refractivity contribution in [3.05, 3.63) is 38.8 Å². The van der Waals surface area contributed by atoms with Crippen LogP contribution in [0, 0.1) is 25.2 Å². The summed E-state index contributed by atoms with van der Waals surface area (Å²) in [4.78, 5) is 16.0. The van der Waals surface area contributed by atoms with Crippen molar-refractivity contribution in [3.63, 3.8) is 0 Å². The maximum Gasteiger partial charge on any atom is 0.223 e. The summed E-state index contributed by atoms with van der Waals surface area (Å²) in [5, 5.41) is 15.3. The number of amides is 1. The molecule has 5 nitrogen and oxygen atoms in total. The third-order valence-electron chi connectivity index (χ3n) is 4.72. The van der Waals surface area contributed by atoms with Crippen molar-refractivity contribution < 1.29 is 4.79 Å². The predicted octanol–water partition coefficient (Wildman–Crippen LogP) is 2.99. The lowest BCUT2D eigenvalue weighted by atomic mass is 10.1. The van der Waals surface area contributed by atoms with Gasteiger partial charge >= 0.3 is 0 Å². The van der Waals surface area contributed by atoms with Crippen molar-refractivity contribution >= 4 is 17.2 Å². The Bertz CT molecular complexity index is 784. The fourth-order valence-corrected chi connectivity index (χ4v) is 4.21. The lowest BCUT2D eigenvalue weighted by molar-refractivity contribution is -0.132. The van der Waals surface area contributed by atoms with Gasteiger partial charge in [-0.1, -0.05) is 0 Å². The number of hydrogen-bond donors (Lipinski definition) is 0. The lowest BCUT2D eigenvalue weighted by Crippen LogP contribution is -2.35. The second kappa shape index (κ2) is 7.18. The Morgan fingerprint density at radius 3 is 3.08 bits per heavy atom. The van der Waals surface area contributed by atoms with E-state index in [2.05, 4.69) is 22.6 Å². The zero-order valence-corrected chi connectivity index (χ0v) is 15.0. The number of nitriles is 1. The molecule has 2 aromatic rings. The van der Waals surface area contributed by atoms with Crippen LogP contribution < -0.4 is 0 Å². The molecule has 0 spiro atoms. The number of nitrogens with zero attached hydrogens (tertiary/aromatic N) is 4. The Labute approximate surface area is 146 Å². The van der Waals surface area contributed by atoms with Crippen LogP contribution in [0.2, 0.25) is 0 Å². The fraction of sp³-hybridized carbons (Fsp3) is 0.500. The summed E-state index contributed by atoms with van der Waals surface area (Å²) in [6.07, 6.45) is 2.67. The van der Waals surface area contributed by atoms with Crippen molar-refractivity contribution in [2.24, 2.45) is 0 Å². The Kier molecular flexibility index (Phi) is 5.00. The standard InChI is InChI=1S/C18H22N4OS/c1-13-16(14(2)22(20-13)9-3-8-19)4-5-18(23)21-10-6-17-15(12-21)7-11-24-17/h7,11H,3-6,9-10,12H2,1-2H3. The molecule has 3 rings (SSSR count). The summed E-state index contributed by atoms with van der Waals surface area (Å²) < 4.78 is 1.89. The second-order valence-electron chi connectivity index (χ2n) is 6.21. The number of rotatable bonds is 5. The normalized spacial score (nSPS) is 13.6. The molecule has 0 radical (unpaired) electrons. The minimum absolute atomic E-state index is 0.218. The molecule has 126 valence electrons. The summed E-state index contributed by atoms with van der Waals surface area (Å²) in [7, 11) is 0. The van der Waals surface area contributed by atoms with Crippen LogP contribution in [-0.4, -0.2) is 27.1 Å². The number of aryl methyl sites for hydroxylation is 2. The van der Waals surface area contributed by atoms with Gasteiger partial charge in [0.25, 0.3) is 0 Å². The smallest absolute Gasteiger partial charge is 0.223 e. The topological polar surface area (TPSA) is 61.9 Å². The molecular formula is C18H22N4OS. The second-order valence-corrected chi connectivity index (χ2v) is 7.22. The van der Waals surface area contributed by atoms with E-state index in [4.69, 9.17) is 5.26 Å². The van der Waals surface area contributed by atoms with Crippen molar-refractivity contribution in [2.45, 2.75) is 52.6 Å². The van der Waals surface area contributed by atoms with E-state index in [-0.39, 0.29) is 5.91 Å². The molecule has 3 heterocycles. The van der Waals surface area contributed by atoms with Gasteiger partial charge in [0.15, 0.2) is 0 Å². The monoisotopic (exact) mass is 342 g/mol. The highest BCUT2D eigenvalue weighted by Crippen LogP contribution is 2.25. The van der Waals surface area contributed by atoms with Gasteiger partial charge in [-0.2, -0.15) is 10.4 Å². The van der Waals surface area contributed by atoms with E-state index in [9.17, 15) is 4.79 Å². The highest BCUT2D eigenvalue weighted by atomic mass is 32.1. The molecule has 0 N–H and O–H groups in total. The van der Waals surface area contributed by atoms with Crippen molar-refractivity contribution in [1.29, 1.82) is 5.26 Å². The molecule has 1 aliphatic rings. The molecule has 6 heteroatoms. The summed E-state index contributed by atoms with van der Waals surface area (Å²) in [6, 6.07) is 4.28. The van der Waals surface area contributed by atoms with E-state index in [1.807, 2.05) is 23.4 Å². The van der Waals surface area contributed by atoms with Gasteiger partial charge in [-0.3, -0.25) is 9.48 Å². The van der Waals surface area contributed by atoms with Crippen LogP contribution in [0.1, 0.15) is 40.2 Å². The predicted molar refractivity (Wildman–Crippen MR) is 93.7 cm³/mol. The quantitative estimate of drug-likeness (QED) is 0.839. The molecule has 0 fully saturated rings. The van der Waals surface area contributed by atoms with E-state index in [1.165, 1.54) is 10.4 Å². The van der Waals surface area contributed by atoms with E-state index in [1.54, 1.807) is 11.3 Å². The van der Waals surface area contributed by atoms with Crippen molar-refractivity contribution in [1.82, 2.24) is 14.7 Å². The Hall–Kier alpha value is -2.13. The summed E-state index contributed by atoms with van der Waals surface area (Å²) >= 11 is 1.79. The number of hydrogen-bond acceptors (Lipinski definition) is 4. The van der Waals surface area contributed by atoms with Crippen LogP contribution in [-0.2, 0) is 30.7 Å². The van der Waals surface area contributed by atoms with Crippen LogP contribution in [0.4, 0.5) is 0 Å². The van der Waals surface area contributed by atoms with Gasteiger partial charge in [-0.05, 0) is 49.3 Å². The SMILES string of the molecule is Cc1nn(CCC#N)c(C)c1CCC(=O)N1CCc2sccc2C1. The summed E-state index contributed by atoms with van der Waals surface area (Å²) in [6.45, 7) is 6.19. The maximum atomic E-state index is 12.6. The molecular weight excluding hydrogens is 320 g/mol. The van der Waals surface area contributed by atoms with E-state index < -0.39 is 0 Å².